The number of fused-ring (bicyclic) bond motifs is 1. The zero-order valence-electron chi connectivity index (χ0n) is 22.1. The number of esters is 1. The van der Waals surface area contributed by atoms with E-state index >= 15 is 0 Å². The largest absolute Gasteiger partial charge is 0.489 e. The molecule has 2 aromatic heterocycles. The average Bonchev–Trinajstić information content (AvgIpc) is 3.35. The van der Waals surface area contributed by atoms with Gasteiger partial charge in [-0.1, -0.05) is 22.0 Å². The predicted octanol–water partition coefficient (Wildman–Crippen LogP) is 7.03. The number of hydrogen-bond donors (Lipinski definition) is 0. The number of pyridine rings is 1. The van der Waals surface area contributed by atoms with Crippen LogP contribution in [0.1, 0.15) is 44.5 Å². The Morgan fingerprint density at radius 1 is 1.11 bits per heavy atom. The van der Waals surface area contributed by atoms with Crippen LogP contribution < -0.4 is 4.74 Å². The number of nitrogens with zero attached hydrogens (tertiary/aromatic N) is 1. The van der Waals surface area contributed by atoms with Crippen LogP contribution in [0.4, 0.5) is 0 Å². The molecule has 0 unspecified atom stereocenters. The quantitative estimate of drug-likeness (QED) is 0.183. The molecule has 0 spiro atoms. The lowest BCUT2D eigenvalue weighted by atomic mass is 10.0. The predicted molar refractivity (Wildman–Crippen MR) is 155 cm³/mol. The Labute approximate surface area is 234 Å². The van der Waals surface area contributed by atoms with Gasteiger partial charge in [0.2, 0.25) is 0 Å². The summed E-state index contributed by atoms with van der Waals surface area (Å²) in [5.74, 6) is 0.894. The van der Waals surface area contributed by atoms with Crippen LogP contribution in [0.2, 0.25) is 0 Å². The highest BCUT2D eigenvalue weighted by atomic mass is 79.9. The molecule has 38 heavy (non-hydrogen) atoms. The van der Waals surface area contributed by atoms with Gasteiger partial charge in [0, 0.05) is 60.6 Å². The zero-order chi connectivity index (χ0) is 27.3. The molecule has 6 nitrogen and oxygen atoms in total. The maximum Gasteiger partial charge on any atom is 0.310 e. The van der Waals surface area contributed by atoms with Gasteiger partial charge in [-0.25, -0.2) is 0 Å². The standard InChI is InChI=1S/C30H32BrNO5S/c1-5-35-28(33)17-22-6-7-24(31)18-27(22)37-19-20-14-23-9-12-36-29(23)26(15-20)21-8-11-32-25(16-21)10-13-38(34)30(2,3)4/h6-9,11-12,14-16,18H,5,10,13,17,19H2,1-4H3/t38-/m1/s1. The molecule has 8 heteroatoms. The first-order valence-electron chi connectivity index (χ1n) is 12.5. The molecule has 2 heterocycles. The van der Waals surface area contributed by atoms with E-state index in [2.05, 4.69) is 27.0 Å². The Kier molecular flexibility index (Phi) is 9.05. The Hall–Kier alpha value is -2.97. The number of ether oxygens (including phenoxy) is 2. The van der Waals surface area contributed by atoms with E-state index in [1.807, 2.05) is 63.2 Å². The highest BCUT2D eigenvalue weighted by molar-refractivity contribution is 9.10. The molecule has 0 aliphatic heterocycles. The number of carbonyl (C=O) groups is 1. The van der Waals surface area contributed by atoms with E-state index in [0.29, 0.717) is 31.1 Å². The molecule has 0 fully saturated rings. The van der Waals surface area contributed by atoms with Gasteiger partial charge in [-0.15, -0.1) is 0 Å². The van der Waals surface area contributed by atoms with Crippen LogP contribution in [0.15, 0.2) is 69.9 Å². The lowest BCUT2D eigenvalue weighted by molar-refractivity contribution is -0.142. The summed E-state index contributed by atoms with van der Waals surface area (Å²) < 4.78 is 30.3. The van der Waals surface area contributed by atoms with Gasteiger partial charge in [-0.05, 0) is 81.3 Å². The molecule has 4 aromatic rings. The first kappa shape index (κ1) is 28.0. The Balaban J connectivity index is 1.58. The second-order valence-electron chi connectivity index (χ2n) is 9.95. The third-order valence-corrected chi connectivity index (χ3v) is 8.46. The SMILES string of the molecule is CCOC(=O)Cc1ccc(Br)cc1OCc1cc(-c2ccnc(CC[S@@](=O)C(C)(C)C)c2)c2occc2c1. The zero-order valence-corrected chi connectivity index (χ0v) is 24.5. The second kappa shape index (κ2) is 12.3. The number of hydrogen-bond acceptors (Lipinski definition) is 6. The topological polar surface area (TPSA) is 78.6 Å². The second-order valence-corrected chi connectivity index (χ2v) is 13.2. The van der Waals surface area contributed by atoms with Crippen LogP contribution in [-0.4, -0.2) is 32.3 Å². The number of benzene rings is 2. The molecule has 1 atom stereocenters. The summed E-state index contributed by atoms with van der Waals surface area (Å²) in [6, 6.07) is 15.6. The fraction of sp³-hybridized carbons (Fsp3) is 0.333. The third-order valence-electron chi connectivity index (χ3n) is 6.03. The molecule has 0 aliphatic rings. The van der Waals surface area contributed by atoms with Crippen LogP contribution in [0.3, 0.4) is 0 Å². The van der Waals surface area contributed by atoms with E-state index in [0.717, 1.165) is 43.4 Å². The fourth-order valence-corrected chi connectivity index (χ4v) is 5.41. The van der Waals surface area contributed by atoms with Gasteiger partial charge in [0.1, 0.15) is 17.9 Å². The van der Waals surface area contributed by atoms with Gasteiger partial charge in [0.15, 0.2) is 0 Å². The fourth-order valence-electron chi connectivity index (χ4n) is 4.07. The van der Waals surface area contributed by atoms with Crippen LogP contribution >= 0.6 is 15.9 Å². The molecule has 0 bridgehead atoms. The van der Waals surface area contributed by atoms with Gasteiger partial charge in [-0.3, -0.25) is 14.0 Å². The molecule has 0 aliphatic carbocycles. The van der Waals surface area contributed by atoms with E-state index in [4.69, 9.17) is 13.9 Å². The van der Waals surface area contributed by atoms with Gasteiger partial charge in [-0.2, -0.15) is 0 Å². The van der Waals surface area contributed by atoms with Gasteiger partial charge < -0.3 is 13.9 Å². The van der Waals surface area contributed by atoms with Crippen molar-refractivity contribution in [2.45, 2.75) is 51.9 Å². The van der Waals surface area contributed by atoms with Crippen molar-refractivity contribution < 1.29 is 22.9 Å². The number of carbonyl (C=O) groups excluding carboxylic acids is 1. The smallest absolute Gasteiger partial charge is 0.310 e. The highest BCUT2D eigenvalue weighted by Gasteiger charge is 2.19. The third kappa shape index (κ3) is 7.11. The van der Waals surface area contributed by atoms with Crippen LogP contribution in [-0.2, 0) is 39.8 Å². The maximum atomic E-state index is 12.5. The number of aryl methyl sites for hydroxylation is 1. The minimum absolute atomic E-state index is 0.141. The summed E-state index contributed by atoms with van der Waals surface area (Å²) >= 11 is 3.49. The van der Waals surface area contributed by atoms with Crippen molar-refractivity contribution >= 4 is 43.7 Å². The van der Waals surface area contributed by atoms with E-state index in [-0.39, 0.29) is 17.1 Å². The Morgan fingerprint density at radius 3 is 2.68 bits per heavy atom. The molecule has 0 saturated heterocycles. The lowest BCUT2D eigenvalue weighted by Gasteiger charge is -2.17. The molecule has 0 saturated carbocycles. The molecule has 200 valence electrons. The first-order valence-corrected chi connectivity index (χ1v) is 14.7. The molecular formula is C30H32BrNO5S. The van der Waals surface area contributed by atoms with Gasteiger partial charge in [0.25, 0.3) is 0 Å². The van der Waals surface area contributed by atoms with E-state index in [9.17, 15) is 9.00 Å². The molecule has 2 aromatic carbocycles. The summed E-state index contributed by atoms with van der Waals surface area (Å²) in [6.07, 6.45) is 4.24. The Bertz CT molecular complexity index is 1460. The summed E-state index contributed by atoms with van der Waals surface area (Å²) in [5.41, 5.74) is 5.32. The molecule has 4 rings (SSSR count). The summed E-state index contributed by atoms with van der Waals surface area (Å²) in [4.78, 5) is 16.6. The van der Waals surface area contributed by atoms with Crippen molar-refractivity contribution in [3.8, 4) is 16.9 Å². The Morgan fingerprint density at radius 2 is 1.92 bits per heavy atom. The van der Waals surface area contributed by atoms with E-state index in [1.165, 1.54) is 0 Å². The highest BCUT2D eigenvalue weighted by Crippen LogP contribution is 2.32. The average molecular weight is 599 g/mol. The number of aromatic nitrogens is 1. The summed E-state index contributed by atoms with van der Waals surface area (Å²) in [7, 11) is -0.946. The van der Waals surface area contributed by atoms with Crippen molar-refractivity contribution in [2.75, 3.05) is 12.4 Å². The molecule has 0 N–H and O–H groups in total. The number of furan rings is 1. The number of halogens is 1. The van der Waals surface area contributed by atoms with Crippen molar-refractivity contribution in [3.63, 3.8) is 0 Å². The van der Waals surface area contributed by atoms with Crippen molar-refractivity contribution in [2.24, 2.45) is 0 Å². The molecule has 0 amide bonds. The first-order chi connectivity index (χ1) is 18.1. The summed E-state index contributed by atoms with van der Waals surface area (Å²) in [6.45, 7) is 8.40. The monoisotopic (exact) mass is 597 g/mol. The minimum Gasteiger partial charge on any atom is -0.489 e. The molecule has 0 radical (unpaired) electrons. The van der Waals surface area contributed by atoms with E-state index in [1.54, 1.807) is 19.4 Å². The van der Waals surface area contributed by atoms with Crippen molar-refractivity contribution in [1.29, 1.82) is 0 Å². The van der Waals surface area contributed by atoms with Crippen LogP contribution in [0.25, 0.3) is 22.1 Å². The maximum absolute atomic E-state index is 12.5. The minimum atomic E-state index is -0.946. The van der Waals surface area contributed by atoms with E-state index < -0.39 is 10.8 Å². The van der Waals surface area contributed by atoms with Crippen LogP contribution in [0.5, 0.6) is 5.75 Å². The van der Waals surface area contributed by atoms with Gasteiger partial charge in [0.05, 0.1) is 19.3 Å². The normalized spacial score (nSPS) is 12.4. The van der Waals surface area contributed by atoms with Crippen molar-refractivity contribution in [1.82, 2.24) is 4.98 Å². The number of rotatable bonds is 10. The lowest BCUT2D eigenvalue weighted by Crippen LogP contribution is -2.25. The van der Waals surface area contributed by atoms with Crippen molar-refractivity contribution in [3.05, 3.63) is 82.3 Å². The molecular weight excluding hydrogens is 566 g/mol. The summed E-state index contributed by atoms with van der Waals surface area (Å²) in [5, 5.41) is 0.967. The van der Waals surface area contributed by atoms with Crippen LogP contribution in [0, 0.1) is 0 Å². The van der Waals surface area contributed by atoms with Gasteiger partial charge >= 0.3 is 5.97 Å².